The van der Waals surface area contributed by atoms with Crippen LogP contribution >= 0.6 is 27.7 Å². The quantitative estimate of drug-likeness (QED) is 0.0990. The molecular formula is C46H50BrFN2O5SSi. The zero-order valence-corrected chi connectivity index (χ0v) is 36.4. The van der Waals surface area contributed by atoms with Crippen molar-refractivity contribution < 1.29 is 27.9 Å². The van der Waals surface area contributed by atoms with Gasteiger partial charge in [0.25, 0.3) is 0 Å². The van der Waals surface area contributed by atoms with Gasteiger partial charge in [-0.15, -0.1) is 11.8 Å². The summed E-state index contributed by atoms with van der Waals surface area (Å²) in [6, 6.07) is 40.2. The highest BCUT2D eigenvalue weighted by atomic mass is 79.9. The first-order valence-corrected chi connectivity index (χ1v) is 23.9. The van der Waals surface area contributed by atoms with Gasteiger partial charge in [-0.2, -0.15) is 0 Å². The summed E-state index contributed by atoms with van der Waals surface area (Å²) in [5, 5.41) is 2.77. The van der Waals surface area contributed by atoms with Gasteiger partial charge in [-0.3, -0.25) is 4.79 Å². The number of carbonyl (C=O) groups is 2. The molecule has 1 saturated heterocycles. The molecule has 1 N–H and O–H groups in total. The van der Waals surface area contributed by atoms with E-state index in [1.807, 2.05) is 109 Å². The number of amides is 2. The molecule has 2 amide bonds. The normalized spacial score (nSPS) is 16.1. The summed E-state index contributed by atoms with van der Waals surface area (Å²) in [6.45, 7) is 11.4. The molecule has 1 aliphatic heterocycles. The lowest BCUT2D eigenvalue weighted by Gasteiger charge is -2.39. The van der Waals surface area contributed by atoms with Crippen molar-refractivity contribution in [3.05, 3.63) is 166 Å². The predicted octanol–water partition coefficient (Wildman–Crippen LogP) is 12.3. The smallest absolute Gasteiger partial charge is 0.417 e. The van der Waals surface area contributed by atoms with Crippen molar-refractivity contribution in [2.24, 2.45) is 0 Å². The number of benzene rings is 5. The lowest BCUT2D eigenvalue weighted by Crippen LogP contribution is -2.44. The lowest BCUT2D eigenvalue weighted by atomic mass is 9.99. The Morgan fingerprint density at radius 3 is 2.21 bits per heavy atom. The number of hydrogen-bond donors (Lipinski definition) is 1. The fraction of sp³-hybridized carbons (Fsp3) is 0.304. The molecular weight excluding hydrogens is 820 g/mol. The van der Waals surface area contributed by atoms with Crippen molar-refractivity contribution >= 4 is 53.7 Å². The summed E-state index contributed by atoms with van der Waals surface area (Å²) in [6.07, 6.45) is -0.490. The molecule has 1 heterocycles. The van der Waals surface area contributed by atoms with Crippen molar-refractivity contribution in [3.63, 3.8) is 0 Å². The zero-order chi connectivity index (χ0) is 40.6. The Bertz CT molecular complexity index is 2090. The van der Waals surface area contributed by atoms with Crippen LogP contribution in [0.15, 0.2) is 138 Å². The van der Waals surface area contributed by atoms with Crippen molar-refractivity contribution in [2.45, 2.75) is 75.4 Å². The number of hydrogen-bond acceptors (Lipinski definition) is 7. The van der Waals surface area contributed by atoms with E-state index in [2.05, 4.69) is 55.1 Å². The van der Waals surface area contributed by atoms with Crippen LogP contribution in [0.25, 0.3) is 0 Å². The molecule has 1 aliphatic rings. The van der Waals surface area contributed by atoms with Gasteiger partial charge in [0.05, 0.1) is 12.1 Å². The first-order chi connectivity index (χ1) is 27.3. The second-order valence-electron chi connectivity index (χ2n) is 15.7. The van der Waals surface area contributed by atoms with Crippen molar-refractivity contribution in [3.8, 4) is 5.75 Å². The maximum atomic E-state index is 15.3. The first-order valence-electron chi connectivity index (χ1n) is 19.2. The minimum absolute atomic E-state index is 0.0550. The van der Waals surface area contributed by atoms with Gasteiger partial charge in [-0.25, -0.2) is 14.1 Å². The van der Waals surface area contributed by atoms with Gasteiger partial charge in [-0.1, -0.05) is 134 Å². The van der Waals surface area contributed by atoms with Crippen molar-refractivity contribution in [1.29, 1.82) is 0 Å². The number of imide groups is 1. The summed E-state index contributed by atoms with van der Waals surface area (Å²) < 4.78 is 34.1. The second kappa shape index (κ2) is 18.9. The molecule has 298 valence electrons. The molecule has 6 rings (SSSR count). The number of rotatable bonds is 16. The van der Waals surface area contributed by atoms with E-state index >= 15 is 4.79 Å². The predicted molar refractivity (Wildman–Crippen MR) is 233 cm³/mol. The molecule has 5 aromatic carbocycles. The highest BCUT2D eigenvalue weighted by Gasteiger charge is 2.45. The Balaban J connectivity index is 1.41. The molecule has 0 radical (unpaired) electrons. The van der Waals surface area contributed by atoms with Gasteiger partial charge in [0.2, 0.25) is 5.91 Å². The number of halogens is 2. The third kappa shape index (κ3) is 10.8. The highest BCUT2D eigenvalue weighted by Crippen LogP contribution is 2.43. The molecule has 0 saturated carbocycles. The zero-order valence-electron chi connectivity index (χ0n) is 33.0. The maximum Gasteiger partial charge on any atom is 0.417 e. The Morgan fingerprint density at radius 2 is 1.56 bits per heavy atom. The average molecular weight is 870 g/mol. The van der Waals surface area contributed by atoms with Gasteiger partial charge in [-0.05, 0) is 83.4 Å². The van der Waals surface area contributed by atoms with Crippen LogP contribution in [0.5, 0.6) is 5.75 Å². The molecule has 7 nitrogen and oxygen atoms in total. The molecule has 0 bridgehead atoms. The number of cyclic esters (lactones) is 1. The average Bonchev–Trinajstić information content (AvgIpc) is 3.59. The van der Waals surface area contributed by atoms with Crippen LogP contribution in [0.4, 0.5) is 14.9 Å². The van der Waals surface area contributed by atoms with E-state index in [0.717, 1.165) is 32.4 Å². The molecule has 5 aromatic rings. The number of para-hydroxylation sites is 1. The number of nitrogens with zero attached hydrogens (tertiary/aromatic N) is 1. The molecule has 4 atom stereocenters. The minimum Gasteiger partial charge on any atom is -0.489 e. The van der Waals surface area contributed by atoms with Crippen LogP contribution in [0.1, 0.15) is 67.6 Å². The van der Waals surface area contributed by atoms with Crippen LogP contribution in [-0.2, 0) is 20.6 Å². The van der Waals surface area contributed by atoms with E-state index in [9.17, 15) is 9.18 Å². The van der Waals surface area contributed by atoms with Crippen LogP contribution in [0.2, 0.25) is 18.1 Å². The molecule has 0 aliphatic carbocycles. The van der Waals surface area contributed by atoms with Crippen LogP contribution in [0.3, 0.4) is 0 Å². The van der Waals surface area contributed by atoms with Gasteiger partial charge >= 0.3 is 6.09 Å². The second-order valence-corrected chi connectivity index (χ2v) is 22.6. The van der Waals surface area contributed by atoms with E-state index < -0.39 is 31.7 Å². The summed E-state index contributed by atoms with van der Waals surface area (Å²) in [5.41, 5.74) is 4.23. The van der Waals surface area contributed by atoms with E-state index in [4.69, 9.17) is 13.9 Å². The fourth-order valence-corrected chi connectivity index (χ4v) is 9.42. The van der Waals surface area contributed by atoms with Crippen LogP contribution < -0.4 is 10.1 Å². The number of thioether (sulfide) groups is 1. The summed E-state index contributed by atoms with van der Waals surface area (Å²) in [7, 11) is -2.29. The fourth-order valence-electron chi connectivity index (χ4n) is 6.49. The third-order valence-corrected chi connectivity index (χ3v) is 16.9. The Hall–Kier alpha value is -4.42. The van der Waals surface area contributed by atoms with Gasteiger partial charge in [0.1, 0.15) is 36.1 Å². The Kier molecular flexibility index (Phi) is 14.0. The van der Waals surface area contributed by atoms with Crippen LogP contribution in [-0.4, -0.2) is 42.8 Å². The van der Waals surface area contributed by atoms with Gasteiger partial charge in [0.15, 0.2) is 8.32 Å². The minimum atomic E-state index is -2.29. The summed E-state index contributed by atoms with van der Waals surface area (Å²) in [4.78, 5) is 30.2. The maximum absolute atomic E-state index is 15.3. The largest absolute Gasteiger partial charge is 0.489 e. The monoisotopic (exact) mass is 868 g/mol. The number of anilines is 1. The summed E-state index contributed by atoms with van der Waals surface area (Å²) in [5.74, 6) is 0.375. The van der Waals surface area contributed by atoms with Gasteiger partial charge in [0, 0.05) is 15.7 Å². The van der Waals surface area contributed by atoms with Crippen molar-refractivity contribution in [1.82, 2.24) is 4.90 Å². The number of ether oxygens (including phenoxy) is 2. The Labute approximate surface area is 349 Å². The topological polar surface area (TPSA) is 77.1 Å². The Morgan fingerprint density at radius 1 is 0.930 bits per heavy atom. The molecule has 0 aromatic heterocycles. The molecule has 11 heteroatoms. The van der Waals surface area contributed by atoms with Crippen molar-refractivity contribution in [2.75, 3.05) is 17.7 Å². The van der Waals surface area contributed by atoms with Crippen LogP contribution in [0, 0.1) is 5.82 Å². The van der Waals surface area contributed by atoms with E-state index in [-0.39, 0.29) is 29.5 Å². The van der Waals surface area contributed by atoms with E-state index in [0.29, 0.717) is 24.5 Å². The number of nitrogens with one attached hydrogen (secondary N) is 1. The third-order valence-electron chi connectivity index (χ3n) is 10.6. The summed E-state index contributed by atoms with van der Waals surface area (Å²) >= 11 is 5.10. The van der Waals surface area contributed by atoms with E-state index in [1.165, 1.54) is 28.8 Å². The SMILES string of the molecule is CC(C)(C)[Si](C)(C)O[C@@H](CCS[C@@H](C(=O)N1C(=O)OC[C@@H]1c1ccccc1)[C@H](Nc1ccccc1)c1ccc(Br)cc1OCc1ccccc1)c1ccc(F)cc1. The lowest BCUT2D eigenvalue weighted by molar-refractivity contribution is -0.129. The first kappa shape index (κ1) is 42.2. The van der Waals surface area contributed by atoms with E-state index in [1.54, 1.807) is 12.1 Å². The molecule has 0 spiro atoms. The molecule has 57 heavy (non-hydrogen) atoms. The highest BCUT2D eigenvalue weighted by molar-refractivity contribution is 9.10. The molecule has 0 unspecified atom stereocenters. The number of carbonyl (C=O) groups excluding carboxylic acids is 2. The van der Waals surface area contributed by atoms with Gasteiger partial charge < -0.3 is 19.2 Å². The standard InChI is InChI=1S/C46H50BrFN2O5SSi/c1-46(2,3)57(4,5)55-40(34-21-24-36(48)25-22-34)27-28-56-43(44(51)50-39(31-54-45(50)52)33-17-11-7-12-18-33)42(49-37-19-13-8-14-20-37)38-26-23-35(47)29-41(38)53-30-32-15-9-6-10-16-32/h6-26,29,39-40,42-43,49H,27-28,30-31H2,1-5H3/t39-,40+,42-,43-/m1/s1. The molecule has 1 fully saturated rings.